The van der Waals surface area contributed by atoms with Crippen molar-refractivity contribution >= 4 is 10.0 Å². The summed E-state index contributed by atoms with van der Waals surface area (Å²) in [5, 5.41) is 3.41. The highest BCUT2D eigenvalue weighted by molar-refractivity contribution is 7.89. The Labute approximate surface area is 124 Å². The van der Waals surface area contributed by atoms with Crippen molar-refractivity contribution in [1.29, 1.82) is 0 Å². The van der Waals surface area contributed by atoms with Crippen LogP contribution in [-0.4, -0.2) is 33.3 Å². The van der Waals surface area contributed by atoms with Crippen LogP contribution >= 0.6 is 0 Å². The van der Waals surface area contributed by atoms with Crippen molar-refractivity contribution in [3.05, 3.63) is 0 Å². The lowest BCUT2D eigenvalue weighted by Gasteiger charge is -2.26. The first-order valence-corrected chi connectivity index (χ1v) is 9.91. The number of hydrogen-bond donors (Lipinski definition) is 2. The zero-order valence-corrected chi connectivity index (χ0v) is 13.6. The van der Waals surface area contributed by atoms with E-state index in [-0.39, 0.29) is 5.75 Å². The summed E-state index contributed by atoms with van der Waals surface area (Å²) >= 11 is 0. The monoisotopic (exact) mass is 302 g/mol. The predicted octanol–water partition coefficient (Wildman–Crippen LogP) is 2.26. The van der Waals surface area contributed by atoms with E-state index in [1.165, 1.54) is 38.5 Å². The van der Waals surface area contributed by atoms with E-state index in [0.717, 1.165) is 25.3 Å². The van der Waals surface area contributed by atoms with Gasteiger partial charge in [0.25, 0.3) is 0 Å². The highest BCUT2D eigenvalue weighted by Crippen LogP contribution is 2.27. The minimum Gasteiger partial charge on any atom is -0.314 e. The molecule has 5 heteroatoms. The molecule has 2 N–H and O–H groups in total. The summed E-state index contributed by atoms with van der Waals surface area (Å²) in [4.78, 5) is 0. The van der Waals surface area contributed by atoms with Crippen LogP contribution in [0.5, 0.6) is 0 Å². The fourth-order valence-electron chi connectivity index (χ4n) is 3.32. The molecule has 1 aliphatic carbocycles. The van der Waals surface area contributed by atoms with Gasteiger partial charge in [-0.15, -0.1) is 0 Å². The molecule has 118 valence electrons. The van der Waals surface area contributed by atoms with Gasteiger partial charge in [0.05, 0.1) is 5.75 Å². The van der Waals surface area contributed by atoms with Gasteiger partial charge in [-0.2, -0.15) is 0 Å². The van der Waals surface area contributed by atoms with E-state index < -0.39 is 10.0 Å². The van der Waals surface area contributed by atoms with E-state index in [9.17, 15) is 8.42 Å². The van der Waals surface area contributed by atoms with Crippen molar-refractivity contribution in [2.45, 2.75) is 64.3 Å². The first-order valence-electron chi connectivity index (χ1n) is 8.26. The zero-order chi connectivity index (χ0) is 14.4. The topological polar surface area (TPSA) is 58.2 Å². The van der Waals surface area contributed by atoms with Gasteiger partial charge in [0.15, 0.2) is 0 Å². The van der Waals surface area contributed by atoms with E-state index >= 15 is 0 Å². The van der Waals surface area contributed by atoms with Gasteiger partial charge in [-0.05, 0) is 50.5 Å². The Bertz CT molecular complexity index is 369. The van der Waals surface area contributed by atoms with Crippen LogP contribution in [0.1, 0.15) is 58.3 Å². The Morgan fingerprint density at radius 3 is 2.50 bits per heavy atom. The standard InChI is InChI=1S/C15H30N2O2S/c1-13-5-7-14(8-6-13)12-17-20(18,19)11-9-15-4-2-3-10-16-15/h13-17H,2-12H2,1H3. The molecule has 1 saturated heterocycles. The number of sulfonamides is 1. The van der Waals surface area contributed by atoms with E-state index in [2.05, 4.69) is 17.0 Å². The summed E-state index contributed by atoms with van der Waals surface area (Å²) in [7, 11) is -3.08. The summed E-state index contributed by atoms with van der Waals surface area (Å²) in [6, 6.07) is 0.399. The Balaban J connectivity index is 1.65. The molecule has 1 atom stereocenters. The maximum atomic E-state index is 12.0. The highest BCUT2D eigenvalue weighted by Gasteiger charge is 2.21. The molecular weight excluding hydrogens is 272 g/mol. The van der Waals surface area contributed by atoms with Gasteiger partial charge in [-0.25, -0.2) is 13.1 Å². The molecule has 0 aromatic carbocycles. The number of rotatable bonds is 6. The summed E-state index contributed by atoms with van der Waals surface area (Å²) < 4.78 is 26.9. The highest BCUT2D eigenvalue weighted by atomic mass is 32.2. The van der Waals surface area contributed by atoms with Crippen LogP contribution in [0.15, 0.2) is 0 Å². The third-order valence-corrected chi connectivity index (χ3v) is 6.25. The molecule has 0 spiro atoms. The number of nitrogens with one attached hydrogen (secondary N) is 2. The molecule has 1 heterocycles. The lowest BCUT2D eigenvalue weighted by molar-refractivity contribution is 0.290. The van der Waals surface area contributed by atoms with Gasteiger partial charge in [0, 0.05) is 12.6 Å². The van der Waals surface area contributed by atoms with Crippen molar-refractivity contribution in [2.75, 3.05) is 18.8 Å². The fraction of sp³-hybridized carbons (Fsp3) is 1.00. The van der Waals surface area contributed by atoms with Gasteiger partial charge in [-0.3, -0.25) is 0 Å². The lowest BCUT2D eigenvalue weighted by atomic mass is 9.83. The Kier molecular flexibility index (Phi) is 6.30. The van der Waals surface area contributed by atoms with Gasteiger partial charge in [-0.1, -0.05) is 26.2 Å². The molecule has 0 aromatic heterocycles. The van der Waals surface area contributed by atoms with Gasteiger partial charge < -0.3 is 5.32 Å². The van der Waals surface area contributed by atoms with Crippen LogP contribution in [0.4, 0.5) is 0 Å². The van der Waals surface area contributed by atoms with Crippen molar-refractivity contribution in [1.82, 2.24) is 10.0 Å². The maximum Gasteiger partial charge on any atom is 0.211 e. The first kappa shape index (κ1) is 16.2. The smallest absolute Gasteiger partial charge is 0.211 e. The van der Waals surface area contributed by atoms with Gasteiger partial charge in [0.1, 0.15) is 0 Å². The molecule has 0 amide bonds. The largest absolute Gasteiger partial charge is 0.314 e. The summed E-state index contributed by atoms with van der Waals surface area (Å²) in [6.07, 6.45) is 9.17. The minimum absolute atomic E-state index is 0.272. The molecule has 0 radical (unpaired) electrons. The molecule has 0 aromatic rings. The molecule has 1 aliphatic heterocycles. The average Bonchev–Trinajstić information content (AvgIpc) is 2.46. The van der Waals surface area contributed by atoms with E-state index in [4.69, 9.17) is 0 Å². The predicted molar refractivity (Wildman–Crippen MR) is 83.2 cm³/mol. The SMILES string of the molecule is CC1CCC(CNS(=O)(=O)CCC2CCCCN2)CC1. The van der Waals surface area contributed by atoms with Crippen molar-refractivity contribution < 1.29 is 8.42 Å². The second-order valence-corrected chi connectivity index (χ2v) is 8.66. The molecule has 4 nitrogen and oxygen atoms in total. The molecule has 2 aliphatic rings. The molecule has 2 fully saturated rings. The second-order valence-electron chi connectivity index (χ2n) is 6.73. The molecule has 0 bridgehead atoms. The van der Waals surface area contributed by atoms with E-state index in [0.29, 0.717) is 18.5 Å². The normalized spacial score (nSPS) is 32.1. The average molecular weight is 302 g/mol. The third kappa shape index (κ3) is 5.70. The van der Waals surface area contributed by atoms with Crippen LogP contribution in [0, 0.1) is 11.8 Å². The number of piperidine rings is 1. The van der Waals surface area contributed by atoms with Crippen LogP contribution in [0.25, 0.3) is 0 Å². The van der Waals surface area contributed by atoms with Crippen molar-refractivity contribution in [2.24, 2.45) is 11.8 Å². The summed E-state index contributed by atoms with van der Waals surface area (Å²) in [5.41, 5.74) is 0. The Morgan fingerprint density at radius 1 is 1.10 bits per heavy atom. The molecule has 1 unspecified atom stereocenters. The van der Waals surface area contributed by atoms with Crippen molar-refractivity contribution in [3.8, 4) is 0 Å². The molecular formula is C15H30N2O2S. The first-order chi connectivity index (χ1) is 9.55. The van der Waals surface area contributed by atoms with Gasteiger partial charge >= 0.3 is 0 Å². The summed E-state index contributed by atoms with van der Waals surface area (Å²) in [5.74, 6) is 1.64. The molecule has 1 saturated carbocycles. The second kappa shape index (κ2) is 7.76. The third-order valence-electron chi connectivity index (χ3n) is 4.87. The quantitative estimate of drug-likeness (QED) is 0.791. The number of hydrogen-bond acceptors (Lipinski definition) is 3. The van der Waals surface area contributed by atoms with Crippen molar-refractivity contribution in [3.63, 3.8) is 0 Å². The van der Waals surface area contributed by atoms with E-state index in [1.807, 2.05) is 0 Å². The lowest BCUT2D eigenvalue weighted by Crippen LogP contribution is -2.38. The molecule has 20 heavy (non-hydrogen) atoms. The maximum absolute atomic E-state index is 12.0. The van der Waals surface area contributed by atoms with Gasteiger partial charge in [0.2, 0.25) is 10.0 Å². The van der Waals surface area contributed by atoms with E-state index in [1.54, 1.807) is 0 Å². The fourth-order valence-corrected chi connectivity index (χ4v) is 4.55. The van der Waals surface area contributed by atoms with Crippen LogP contribution in [0.2, 0.25) is 0 Å². The van der Waals surface area contributed by atoms with Crippen LogP contribution in [-0.2, 0) is 10.0 Å². The van der Waals surface area contributed by atoms with Crippen LogP contribution in [0.3, 0.4) is 0 Å². The minimum atomic E-state index is -3.08. The zero-order valence-electron chi connectivity index (χ0n) is 12.7. The Morgan fingerprint density at radius 2 is 1.85 bits per heavy atom. The molecule has 2 rings (SSSR count). The van der Waals surface area contributed by atoms with Crippen LogP contribution < -0.4 is 10.0 Å². The summed E-state index contributed by atoms with van der Waals surface area (Å²) in [6.45, 7) is 3.98. The Hall–Kier alpha value is -0.130.